The zero-order valence-electron chi connectivity index (χ0n) is 21.1. The van der Waals surface area contributed by atoms with Gasteiger partial charge in [-0.2, -0.15) is 0 Å². The molecule has 1 saturated heterocycles. The molecule has 1 aliphatic heterocycles. The average Bonchev–Trinajstić information content (AvgIpc) is 3.09. The van der Waals surface area contributed by atoms with E-state index in [0.717, 1.165) is 0 Å². The largest absolute Gasteiger partial charge is 0.405 e. The molecular weight excluding hydrogens is 432 g/mol. The molecule has 1 heterocycles. The van der Waals surface area contributed by atoms with Gasteiger partial charge in [0.2, 0.25) is 0 Å². The van der Waals surface area contributed by atoms with Gasteiger partial charge in [-0.05, 0) is 35.7 Å². The highest BCUT2D eigenvalue weighted by Gasteiger charge is 2.53. The van der Waals surface area contributed by atoms with Gasteiger partial charge in [-0.15, -0.1) is 0 Å². The third-order valence-electron chi connectivity index (χ3n) is 6.50. The van der Waals surface area contributed by atoms with Crippen LogP contribution in [-0.2, 0) is 18.6 Å². The number of hydrogen-bond acceptors (Lipinski definition) is 5. The topological polar surface area (TPSA) is 57.2 Å². The van der Waals surface area contributed by atoms with E-state index in [1.54, 1.807) is 7.11 Å². The Bertz CT molecular complexity index is 826. The number of methoxy groups -OCH3 is 1. The fourth-order valence-electron chi connectivity index (χ4n) is 4.98. The summed E-state index contributed by atoms with van der Waals surface area (Å²) in [4.78, 5) is 0. The minimum Gasteiger partial charge on any atom is -0.405 e. The molecule has 0 unspecified atom stereocenters. The van der Waals surface area contributed by atoms with Crippen molar-refractivity contribution in [3.05, 3.63) is 60.7 Å². The maximum atomic E-state index is 10.6. The zero-order valence-corrected chi connectivity index (χ0v) is 22.1. The normalized spacial score (nSPS) is 22.8. The third-order valence-corrected chi connectivity index (χ3v) is 11.5. The van der Waals surface area contributed by atoms with E-state index in [-0.39, 0.29) is 11.1 Å². The Morgan fingerprint density at radius 1 is 0.970 bits per heavy atom. The molecule has 182 valence electrons. The molecule has 2 aromatic carbocycles. The molecule has 4 atom stereocenters. The van der Waals surface area contributed by atoms with Gasteiger partial charge in [-0.3, -0.25) is 0 Å². The minimum absolute atomic E-state index is 0.135. The first-order chi connectivity index (χ1) is 15.6. The minimum atomic E-state index is -2.71. The van der Waals surface area contributed by atoms with E-state index in [0.29, 0.717) is 13.0 Å². The highest BCUT2D eigenvalue weighted by atomic mass is 28.4. The summed E-state index contributed by atoms with van der Waals surface area (Å²) >= 11 is 0. The third kappa shape index (κ3) is 5.42. The average molecular weight is 473 g/mol. The van der Waals surface area contributed by atoms with Gasteiger partial charge in [-0.1, -0.05) is 88.4 Å². The van der Waals surface area contributed by atoms with E-state index in [9.17, 15) is 5.11 Å². The first-order valence-corrected chi connectivity index (χ1v) is 13.8. The molecule has 33 heavy (non-hydrogen) atoms. The Kier molecular flexibility index (Phi) is 8.20. The van der Waals surface area contributed by atoms with Gasteiger partial charge in [0.25, 0.3) is 8.32 Å². The predicted octanol–water partition coefficient (Wildman–Crippen LogP) is 3.87. The summed E-state index contributed by atoms with van der Waals surface area (Å²) in [6.45, 7) is 12.8. The van der Waals surface area contributed by atoms with E-state index in [2.05, 4.69) is 69.3 Å². The lowest BCUT2D eigenvalue weighted by Gasteiger charge is -2.43. The molecule has 0 saturated carbocycles. The lowest BCUT2D eigenvalue weighted by Crippen LogP contribution is -2.67. The van der Waals surface area contributed by atoms with Crippen molar-refractivity contribution in [1.29, 1.82) is 0 Å². The monoisotopic (exact) mass is 472 g/mol. The second kappa shape index (κ2) is 10.4. The zero-order chi connectivity index (χ0) is 24.3. The van der Waals surface area contributed by atoms with E-state index in [4.69, 9.17) is 18.6 Å². The molecule has 1 N–H and O–H groups in total. The summed E-state index contributed by atoms with van der Waals surface area (Å²) in [7, 11) is -1.10. The molecule has 0 spiro atoms. The van der Waals surface area contributed by atoms with Crippen molar-refractivity contribution in [1.82, 2.24) is 0 Å². The Hall–Kier alpha value is -1.54. The molecule has 1 aliphatic rings. The predicted molar refractivity (Wildman–Crippen MR) is 134 cm³/mol. The Balaban J connectivity index is 2.01. The van der Waals surface area contributed by atoms with Gasteiger partial charge in [-0.25, -0.2) is 0 Å². The van der Waals surface area contributed by atoms with E-state index < -0.39 is 32.4 Å². The Labute approximate surface area is 200 Å². The second-order valence-electron chi connectivity index (χ2n) is 10.3. The molecule has 0 radical (unpaired) electrons. The van der Waals surface area contributed by atoms with Crippen LogP contribution in [0.3, 0.4) is 0 Å². The molecule has 6 heteroatoms. The van der Waals surface area contributed by atoms with Crippen molar-refractivity contribution >= 4 is 18.7 Å². The van der Waals surface area contributed by atoms with Gasteiger partial charge in [0.15, 0.2) is 5.79 Å². The molecule has 0 amide bonds. The number of hydrogen-bond donors (Lipinski definition) is 1. The van der Waals surface area contributed by atoms with Crippen molar-refractivity contribution in [3.63, 3.8) is 0 Å². The SMILES string of the molecule is CC[C@H](O)[C@H](OC)[C@H]1OC(C)(C)O[C@H]1CO[Si](c1ccccc1)(c1ccccc1)C(C)(C)C. The summed E-state index contributed by atoms with van der Waals surface area (Å²) in [6.07, 6.45) is -1.37. The van der Waals surface area contributed by atoms with Gasteiger partial charge in [0.05, 0.1) is 12.7 Å². The number of aliphatic hydroxyl groups excluding tert-OH is 1. The summed E-state index contributed by atoms with van der Waals surface area (Å²) in [6, 6.07) is 21.1. The Morgan fingerprint density at radius 2 is 1.48 bits per heavy atom. The Morgan fingerprint density at radius 3 is 1.91 bits per heavy atom. The van der Waals surface area contributed by atoms with Crippen LogP contribution in [0.2, 0.25) is 5.04 Å². The van der Waals surface area contributed by atoms with Crippen molar-refractivity contribution in [3.8, 4) is 0 Å². The summed E-state index contributed by atoms with van der Waals surface area (Å²) in [5.74, 6) is -0.783. The highest BCUT2D eigenvalue weighted by molar-refractivity contribution is 6.99. The van der Waals surface area contributed by atoms with Crippen LogP contribution in [-0.4, -0.2) is 57.3 Å². The smallest absolute Gasteiger partial charge is 0.261 e. The van der Waals surface area contributed by atoms with Gasteiger partial charge < -0.3 is 23.7 Å². The number of ether oxygens (including phenoxy) is 3. The lowest BCUT2D eigenvalue weighted by molar-refractivity contribution is -0.166. The standard InChI is InChI=1S/C27H40O5Si/c1-8-22(28)24(29-7)25-23(31-27(5,6)32-25)19-30-33(26(2,3)4,20-15-11-9-12-16-20)21-17-13-10-14-18-21/h9-18,22-25,28H,8,19H2,1-7H3/t22-,23-,24-,25-/m0/s1. The molecule has 0 aliphatic carbocycles. The molecule has 1 fully saturated rings. The van der Waals surface area contributed by atoms with Crippen LogP contribution in [0.4, 0.5) is 0 Å². The fourth-order valence-corrected chi connectivity index (χ4v) is 9.55. The van der Waals surface area contributed by atoms with Gasteiger partial charge in [0.1, 0.15) is 18.3 Å². The van der Waals surface area contributed by atoms with Crippen LogP contribution < -0.4 is 10.4 Å². The van der Waals surface area contributed by atoms with Crippen LogP contribution in [0.5, 0.6) is 0 Å². The summed E-state index contributed by atoms with van der Waals surface area (Å²) in [5.41, 5.74) is 0. The second-order valence-corrected chi connectivity index (χ2v) is 14.6. The van der Waals surface area contributed by atoms with Crippen molar-refractivity contribution in [2.24, 2.45) is 0 Å². The highest BCUT2D eigenvalue weighted by Crippen LogP contribution is 2.38. The molecule has 2 aromatic rings. The molecule has 0 aromatic heterocycles. The quantitative estimate of drug-likeness (QED) is 0.562. The number of rotatable bonds is 9. The van der Waals surface area contributed by atoms with Crippen molar-refractivity contribution in [2.45, 2.75) is 83.2 Å². The lowest BCUT2D eigenvalue weighted by atomic mass is 10.0. The number of benzene rings is 2. The number of aliphatic hydroxyl groups is 1. The van der Waals surface area contributed by atoms with Crippen LogP contribution in [0.25, 0.3) is 0 Å². The molecule has 5 nitrogen and oxygen atoms in total. The van der Waals surface area contributed by atoms with Gasteiger partial charge in [0, 0.05) is 7.11 Å². The summed E-state index contributed by atoms with van der Waals surface area (Å²) < 4.78 is 25.3. The first kappa shape index (κ1) is 26.1. The van der Waals surface area contributed by atoms with Crippen LogP contribution in [0, 0.1) is 0 Å². The first-order valence-electron chi connectivity index (χ1n) is 11.9. The van der Waals surface area contributed by atoms with Crippen molar-refractivity contribution in [2.75, 3.05) is 13.7 Å². The van der Waals surface area contributed by atoms with Crippen LogP contribution in [0.15, 0.2) is 60.7 Å². The molecular formula is C27H40O5Si. The van der Waals surface area contributed by atoms with Crippen molar-refractivity contribution < 1.29 is 23.7 Å². The molecule has 0 bridgehead atoms. The molecule has 3 rings (SSSR count). The maximum absolute atomic E-state index is 10.6. The maximum Gasteiger partial charge on any atom is 0.261 e. The summed E-state index contributed by atoms with van der Waals surface area (Å²) in [5, 5.41) is 12.9. The van der Waals surface area contributed by atoms with Crippen LogP contribution in [0.1, 0.15) is 48.0 Å². The van der Waals surface area contributed by atoms with Gasteiger partial charge >= 0.3 is 0 Å². The van der Waals surface area contributed by atoms with Crippen LogP contribution >= 0.6 is 0 Å². The van der Waals surface area contributed by atoms with E-state index in [1.165, 1.54) is 10.4 Å². The van der Waals surface area contributed by atoms with E-state index >= 15 is 0 Å². The van der Waals surface area contributed by atoms with E-state index in [1.807, 2.05) is 32.9 Å². The fraction of sp³-hybridized carbons (Fsp3) is 0.556.